The number of carbonyl (C=O) groups excluding carboxylic acids is 2. The number of halogens is 3. The Hall–Kier alpha value is -2.81. The molecule has 3 rings (SSSR count). The summed E-state index contributed by atoms with van der Waals surface area (Å²) in [5, 5.41) is 10.1. The number of alkyl halides is 3. The standard InChI is InChI=1S/C22H24F3NO5/c23-22(24,25)21(29,18-12-7-13-30-18)14-20(28)31-15-19(27)26(16-8-3-1-4-9-16)17-10-5-2-6-11-17/h1,3-4,7-9,12-13,17,29H,2,5-6,10-11,14-15H2. The van der Waals surface area contributed by atoms with Crippen molar-refractivity contribution in [2.75, 3.05) is 11.5 Å². The number of esters is 1. The number of hydrogen-bond donors (Lipinski definition) is 1. The lowest BCUT2D eigenvalue weighted by molar-refractivity contribution is -0.275. The molecule has 0 bridgehead atoms. The molecule has 1 fully saturated rings. The fraction of sp³-hybridized carbons (Fsp3) is 0.455. The third-order valence-corrected chi connectivity index (χ3v) is 5.40. The van der Waals surface area contributed by atoms with Gasteiger partial charge in [-0.2, -0.15) is 13.2 Å². The maximum Gasteiger partial charge on any atom is 0.425 e. The predicted molar refractivity (Wildman–Crippen MR) is 105 cm³/mol. The van der Waals surface area contributed by atoms with E-state index in [4.69, 9.17) is 4.74 Å². The van der Waals surface area contributed by atoms with Crippen molar-refractivity contribution >= 4 is 17.6 Å². The first-order chi connectivity index (χ1) is 14.7. The highest BCUT2D eigenvalue weighted by atomic mass is 19.4. The van der Waals surface area contributed by atoms with E-state index in [2.05, 4.69) is 4.42 Å². The van der Waals surface area contributed by atoms with E-state index in [1.54, 1.807) is 35.2 Å². The maximum atomic E-state index is 13.4. The van der Waals surface area contributed by atoms with E-state index in [-0.39, 0.29) is 6.04 Å². The number of hydrogen-bond acceptors (Lipinski definition) is 5. The second-order valence-corrected chi connectivity index (χ2v) is 7.56. The van der Waals surface area contributed by atoms with Crippen molar-refractivity contribution in [2.24, 2.45) is 0 Å². The average Bonchev–Trinajstić information content (AvgIpc) is 3.29. The molecular formula is C22H24F3NO5. The van der Waals surface area contributed by atoms with Gasteiger partial charge in [0.1, 0.15) is 5.76 Å². The lowest BCUT2D eigenvalue weighted by Gasteiger charge is -2.34. The van der Waals surface area contributed by atoms with Gasteiger partial charge in [0.05, 0.1) is 12.7 Å². The molecule has 1 N–H and O–H groups in total. The Labute approximate surface area is 177 Å². The molecule has 1 atom stereocenters. The number of furan rings is 1. The first-order valence-electron chi connectivity index (χ1n) is 10.1. The van der Waals surface area contributed by atoms with E-state index in [0.29, 0.717) is 5.69 Å². The van der Waals surface area contributed by atoms with Crippen LogP contribution in [-0.2, 0) is 19.9 Å². The van der Waals surface area contributed by atoms with Crippen LogP contribution in [0.3, 0.4) is 0 Å². The molecule has 1 heterocycles. The van der Waals surface area contributed by atoms with Gasteiger partial charge in [0.25, 0.3) is 5.91 Å². The highest BCUT2D eigenvalue weighted by molar-refractivity contribution is 5.95. The smallest absolute Gasteiger partial charge is 0.425 e. The second-order valence-electron chi connectivity index (χ2n) is 7.56. The molecule has 1 aliphatic carbocycles. The fourth-order valence-corrected chi connectivity index (χ4v) is 3.80. The summed E-state index contributed by atoms with van der Waals surface area (Å²) in [7, 11) is 0. The molecule has 2 aromatic rings. The molecule has 1 aliphatic rings. The largest absolute Gasteiger partial charge is 0.466 e. The van der Waals surface area contributed by atoms with Crippen LogP contribution in [0.15, 0.2) is 53.1 Å². The number of benzene rings is 1. The molecule has 9 heteroatoms. The van der Waals surface area contributed by atoms with Crippen molar-refractivity contribution < 1.29 is 37.0 Å². The second kappa shape index (κ2) is 9.55. The van der Waals surface area contributed by atoms with Crippen molar-refractivity contribution in [3.63, 3.8) is 0 Å². The minimum atomic E-state index is -5.17. The zero-order valence-corrected chi connectivity index (χ0v) is 16.8. The van der Waals surface area contributed by atoms with Crippen LogP contribution in [0, 0.1) is 0 Å². The van der Waals surface area contributed by atoms with E-state index in [1.807, 2.05) is 0 Å². The van der Waals surface area contributed by atoms with Gasteiger partial charge in [0.15, 0.2) is 6.61 Å². The number of ether oxygens (including phenoxy) is 1. The molecule has 1 aromatic heterocycles. The molecule has 1 amide bonds. The highest BCUT2D eigenvalue weighted by Gasteiger charge is 2.58. The van der Waals surface area contributed by atoms with Gasteiger partial charge in [0.2, 0.25) is 5.60 Å². The maximum absolute atomic E-state index is 13.4. The van der Waals surface area contributed by atoms with Gasteiger partial charge in [0, 0.05) is 11.7 Å². The lowest BCUT2D eigenvalue weighted by atomic mass is 9.93. The third kappa shape index (κ3) is 5.28. The number of anilines is 1. The zero-order valence-electron chi connectivity index (χ0n) is 16.8. The van der Waals surface area contributed by atoms with Gasteiger partial charge in [-0.15, -0.1) is 0 Å². The van der Waals surface area contributed by atoms with Gasteiger partial charge in [-0.25, -0.2) is 0 Å². The van der Waals surface area contributed by atoms with E-state index in [1.165, 1.54) is 6.07 Å². The van der Waals surface area contributed by atoms with Crippen LogP contribution < -0.4 is 4.90 Å². The molecule has 1 aromatic carbocycles. The Bertz CT molecular complexity index is 863. The summed E-state index contributed by atoms with van der Waals surface area (Å²) in [6.45, 7) is -0.726. The topological polar surface area (TPSA) is 80.0 Å². The van der Waals surface area contributed by atoms with Crippen LogP contribution in [0.5, 0.6) is 0 Å². The number of rotatable bonds is 7. The van der Waals surface area contributed by atoms with Crippen LogP contribution in [0.2, 0.25) is 0 Å². The third-order valence-electron chi connectivity index (χ3n) is 5.40. The quantitative estimate of drug-likeness (QED) is 0.650. The van der Waals surface area contributed by atoms with Crippen molar-refractivity contribution in [3.05, 3.63) is 54.5 Å². The van der Waals surface area contributed by atoms with Gasteiger partial charge >= 0.3 is 12.1 Å². The van der Waals surface area contributed by atoms with Gasteiger partial charge in [-0.3, -0.25) is 9.59 Å². The Morgan fingerprint density at radius 1 is 1.06 bits per heavy atom. The summed E-state index contributed by atoms with van der Waals surface area (Å²) in [6.07, 6.45) is -1.06. The molecule has 168 valence electrons. The van der Waals surface area contributed by atoms with E-state index < -0.39 is 42.4 Å². The van der Waals surface area contributed by atoms with Crippen LogP contribution in [-0.4, -0.2) is 35.8 Å². The monoisotopic (exact) mass is 439 g/mol. The molecule has 0 spiro atoms. The van der Waals surface area contributed by atoms with Crippen LogP contribution in [0.25, 0.3) is 0 Å². The molecular weight excluding hydrogens is 415 g/mol. The summed E-state index contributed by atoms with van der Waals surface area (Å²) in [5.74, 6) is -2.71. The molecule has 6 nitrogen and oxygen atoms in total. The molecule has 0 saturated heterocycles. The number of aliphatic hydroxyl groups is 1. The van der Waals surface area contributed by atoms with Crippen molar-refractivity contribution in [1.82, 2.24) is 0 Å². The van der Waals surface area contributed by atoms with Crippen molar-refractivity contribution in [2.45, 2.75) is 56.3 Å². The summed E-state index contributed by atoms with van der Waals surface area (Å²) >= 11 is 0. The van der Waals surface area contributed by atoms with E-state index >= 15 is 0 Å². The Morgan fingerprint density at radius 2 is 1.74 bits per heavy atom. The van der Waals surface area contributed by atoms with E-state index in [0.717, 1.165) is 44.4 Å². The van der Waals surface area contributed by atoms with Crippen LogP contribution in [0.1, 0.15) is 44.3 Å². The summed E-state index contributed by atoms with van der Waals surface area (Å²) in [4.78, 5) is 26.6. The Kier molecular flexibility index (Phi) is 7.04. The Balaban J connectivity index is 1.69. The molecule has 1 saturated carbocycles. The normalized spacial score (nSPS) is 17.0. The average molecular weight is 439 g/mol. The number of amides is 1. The molecule has 0 radical (unpaired) electrons. The predicted octanol–water partition coefficient (Wildman–Crippen LogP) is 4.33. The summed E-state index contributed by atoms with van der Waals surface area (Å²) in [5.41, 5.74) is -2.91. The summed E-state index contributed by atoms with van der Waals surface area (Å²) < 4.78 is 49.8. The zero-order chi connectivity index (χ0) is 22.5. The first-order valence-corrected chi connectivity index (χ1v) is 10.1. The number of para-hydroxylation sites is 1. The SMILES string of the molecule is O=C(CC(O)(c1ccco1)C(F)(F)F)OCC(=O)N(c1ccccc1)C1CCCCC1. The van der Waals surface area contributed by atoms with Crippen molar-refractivity contribution in [3.8, 4) is 0 Å². The molecule has 0 aliphatic heterocycles. The Morgan fingerprint density at radius 3 is 2.32 bits per heavy atom. The first kappa shape index (κ1) is 22.9. The van der Waals surface area contributed by atoms with Gasteiger partial charge in [-0.05, 0) is 37.1 Å². The van der Waals surface area contributed by atoms with E-state index in [9.17, 15) is 27.9 Å². The minimum Gasteiger partial charge on any atom is -0.466 e. The summed E-state index contributed by atoms with van der Waals surface area (Å²) in [6, 6.07) is 10.9. The van der Waals surface area contributed by atoms with Gasteiger partial charge < -0.3 is 19.2 Å². The fourth-order valence-electron chi connectivity index (χ4n) is 3.80. The lowest BCUT2D eigenvalue weighted by Crippen LogP contribution is -2.46. The number of carbonyl (C=O) groups is 2. The minimum absolute atomic E-state index is 0.0717. The molecule has 31 heavy (non-hydrogen) atoms. The van der Waals surface area contributed by atoms with Crippen LogP contribution >= 0.6 is 0 Å². The number of nitrogens with zero attached hydrogens (tertiary/aromatic N) is 1. The van der Waals surface area contributed by atoms with Crippen molar-refractivity contribution in [1.29, 1.82) is 0 Å². The van der Waals surface area contributed by atoms with Gasteiger partial charge in [-0.1, -0.05) is 37.5 Å². The highest BCUT2D eigenvalue weighted by Crippen LogP contribution is 2.42. The molecule has 1 unspecified atom stereocenters. The van der Waals surface area contributed by atoms with Crippen LogP contribution in [0.4, 0.5) is 18.9 Å².